The second-order valence-electron chi connectivity index (χ2n) is 29.8. The number of carbonyl (C=O) groups excluding carboxylic acids is 4. The van der Waals surface area contributed by atoms with E-state index in [0.29, 0.717) is 25.7 Å². The molecule has 0 aliphatic heterocycles. The monoisotopic (exact) mass is 1450 g/mol. The van der Waals surface area contributed by atoms with Gasteiger partial charge < -0.3 is 33.8 Å². The van der Waals surface area contributed by atoms with E-state index in [1.807, 2.05) is 0 Å². The van der Waals surface area contributed by atoms with E-state index in [-0.39, 0.29) is 25.7 Å². The summed E-state index contributed by atoms with van der Waals surface area (Å²) in [6.45, 7) is 9.61. The highest BCUT2D eigenvalue weighted by molar-refractivity contribution is 7.47. The Kier molecular flexibility index (Phi) is 70.3. The quantitative estimate of drug-likeness (QED) is 0.0222. The summed E-state index contributed by atoms with van der Waals surface area (Å²) in [4.78, 5) is 72.9. The summed E-state index contributed by atoms with van der Waals surface area (Å²) in [5.41, 5.74) is 0. The van der Waals surface area contributed by atoms with Crippen LogP contribution in [0.1, 0.15) is 420 Å². The maximum absolute atomic E-state index is 13.1. The number of rotatable bonds is 79. The first-order valence-electron chi connectivity index (χ1n) is 41.5. The highest BCUT2D eigenvalue weighted by Gasteiger charge is 2.30. The summed E-state index contributed by atoms with van der Waals surface area (Å²) in [5.74, 6) is -0.566. The van der Waals surface area contributed by atoms with Crippen LogP contribution in [0.3, 0.4) is 0 Å². The van der Waals surface area contributed by atoms with Crippen LogP contribution < -0.4 is 0 Å². The minimum Gasteiger partial charge on any atom is -0.462 e. The molecule has 0 aromatic heterocycles. The molecule has 0 radical (unpaired) electrons. The predicted octanol–water partition coefficient (Wildman–Crippen LogP) is 23.9. The van der Waals surface area contributed by atoms with Crippen molar-refractivity contribution >= 4 is 39.5 Å². The summed E-state index contributed by atoms with van der Waals surface area (Å²) < 4.78 is 68.6. The van der Waals surface area contributed by atoms with Crippen molar-refractivity contribution in [2.45, 2.75) is 439 Å². The molecule has 0 aliphatic carbocycles. The summed E-state index contributed by atoms with van der Waals surface area (Å²) in [7, 11) is -9.91. The SMILES string of the molecule is CCCCCCCCCCCCCCCCCCCCCC(=O)OC[C@H](COP(=O)(O)OC[C@@H](O)COP(=O)(O)OC[C@@H](COC(=O)CCCCCCCCCCC)OC(=O)CCCCCCCCCCCC(C)C)OC(=O)CCCCCCCCCCCCCCCCCCC(C)C. The first-order valence-corrected chi connectivity index (χ1v) is 44.5. The van der Waals surface area contributed by atoms with Crippen LogP contribution in [0.4, 0.5) is 0 Å². The van der Waals surface area contributed by atoms with Crippen molar-refractivity contribution in [3.8, 4) is 0 Å². The minimum atomic E-state index is -4.96. The number of unbranched alkanes of at least 4 members (excludes halogenated alkanes) is 49. The minimum absolute atomic E-state index is 0.106. The van der Waals surface area contributed by atoms with Gasteiger partial charge in [-0.25, -0.2) is 9.13 Å². The van der Waals surface area contributed by atoms with Gasteiger partial charge in [0.2, 0.25) is 0 Å². The Morgan fingerprint density at radius 3 is 0.687 bits per heavy atom. The molecule has 19 heteroatoms. The Morgan fingerprint density at radius 2 is 0.465 bits per heavy atom. The molecule has 0 bridgehead atoms. The number of aliphatic hydroxyl groups is 1. The van der Waals surface area contributed by atoms with Gasteiger partial charge in [0.1, 0.15) is 19.3 Å². The first-order chi connectivity index (χ1) is 47.9. The van der Waals surface area contributed by atoms with E-state index < -0.39 is 97.5 Å². The van der Waals surface area contributed by atoms with Crippen molar-refractivity contribution < 1.29 is 80.2 Å². The molecule has 17 nitrogen and oxygen atoms in total. The van der Waals surface area contributed by atoms with Gasteiger partial charge in [0, 0.05) is 25.7 Å². The molecule has 0 fully saturated rings. The topological polar surface area (TPSA) is 237 Å². The summed E-state index contributed by atoms with van der Waals surface area (Å²) in [6, 6.07) is 0. The largest absolute Gasteiger partial charge is 0.472 e. The molecule has 0 rings (SSSR count). The molecule has 0 aromatic rings. The predicted molar refractivity (Wildman–Crippen MR) is 405 cm³/mol. The first kappa shape index (κ1) is 97.1. The van der Waals surface area contributed by atoms with Gasteiger partial charge in [-0.05, 0) is 37.5 Å². The highest BCUT2D eigenvalue weighted by atomic mass is 31.2. The van der Waals surface area contributed by atoms with Crippen LogP contribution in [0.15, 0.2) is 0 Å². The number of hydrogen-bond donors (Lipinski definition) is 3. The standard InChI is InChI=1S/C80H156O17P2/c1-7-9-11-13-15-17-18-19-20-21-22-23-27-30-33-39-45-51-57-63-78(83)91-69-76(96-79(84)64-58-52-46-40-34-31-28-25-24-26-29-32-37-42-48-54-60-72(3)4)71-95-99(88,89)93-67-74(81)66-92-98(86,87)94-70-75(68-90-77(82)62-56-50-44-36-16-14-12-10-8-2)97-80(85)65-59-53-47-41-35-38-43-49-55-61-73(5)6/h72-76,81H,7-71H2,1-6H3,(H,86,87)(H,88,89)/t74-,75+,76+/m0/s1. The van der Waals surface area contributed by atoms with Crippen LogP contribution in [0.5, 0.6) is 0 Å². The maximum Gasteiger partial charge on any atom is 0.472 e. The summed E-state index contributed by atoms with van der Waals surface area (Å²) in [5, 5.41) is 10.6. The molecule has 0 amide bonds. The van der Waals surface area contributed by atoms with Crippen molar-refractivity contribution in [3.05, 3.63) is 0 Å². The Hall–Kier alpha value is -1.94. The Bertz CT molecular complexity index is 1910. The number of carbonyl (C=O) groups is 4. The lowest BCUT2D eigenvalue weighted by Crippen LogP contribution is -2.30. The molecule has 0 aliphatic rings. The maximum atomic E-state index is 13.1. The van der Waals surface area contributed by atoms with Gasteiger partial charge in [0.05, 0.1) is 26.4 Å². The van der Waals surface area contributed by atoms with Gasteiger partial charge >= 0.3 is 39.5 Å². The molecule has 0 saturated carbocycles. The van der Waals surface area contributed by atoms with Gasteiger partial charge in [0.25, 0.3) is 0 Å². The normalized spacial score (nSPS) is 13.9. The average Bonchev–Trinajstić information content (AvgIpc) is 1.06. The van der Waals surface area contributed by atoms with Gasteiger partial charge in [-0.1, -0.05) is 369 Å². The van der Waals surface area contributed by atoms with E-state index in [1.165, 1.54) is 238 Å². The average molecular weight is 1450 g/mol. The van der Waals surface area contributed by atoms with E-state index in [2.05, 4.69) is 41.5 Å². The number of phosphoric acid groups is 2. The zero-order valence-electron chi connectivity index (χ0n) is 64.8. The molecule has 0 spiro atoms. The van der Waals surface area contributed by atoms with E-state index in [1.54, 1.807) is 0 Å². The molecule has 0 heterocycles. The van der Waals surface area contributed by atoms with Gasteiger partial charge in [-0.2, -0.15) is 0 Å². The van der Waals surface area contributed by atoms with E-state index in [0.717, 1.165) is 102 Å². The molecular formula is C80H156O17P2. The number of ether oxygens (including phenoxy) is 4. The molecule has 0 aromatic carbocycles. The third-order valence-electron chi connectivity index (χ3n) is 18.7. The molecule has 588 valence electrons. The lowest BCUT2D eigenvalue weighted by molar-refractivity contribution is -0.161. The third-order valence-corrected chi connectivity index (χ3v) is 20.6. The van der Waals surface area contributed by atoms with Crippen molar-refractivity contribution in [3.63, 3.8) is 0 Å². The van der Waals surface area contributed by atoms with Crippen molar-refractivity contribution in [1.29, 1.82) is 0 Å². The second kappa shape index (κ2) is 71.7. The van der Waals surface area contributed by atoms with Gasteiger partial charge in [0.15, 0.2) is 12.2 Å². The fraction of sp³-hybridized carbons (Fsp3) is 0.950. The molecule has 5 atom stereocenters. The lowest BCUT2D eigenvalue weighted by Gasteiger charge is -2.21. The number of phosphoric ester groups is 2. The van der Waals surface area contributed by atoms with Crippen LogP contribution in [0.2, 0.25) is 0 Å². The number of aliphatic hydroxyl groups excluding tert-OH is 1. The lowest BCUT2D eigenvalue weighted by atomic mass is 10.0. The van der Waals surface area contributed by atoms with Crippen molar-refractivity contribution in [1.82, 2.24) is 0 Å². The molecule has 99 heavy (non-hydrogen) atoms. The highest BCUT2D eigenvalue weighted by Crippen LogP contribution is 2.45. The van der Waals surface area contributed by atoms with Crippen LogP contribution in [-0.2, 0) is 65.4 Å². The zero-order valence-corrected chi connectivity index (χ0v) is 66.6. The second-order valence-corrected chi connectivity index (χ2v) is 32.7. The third kappa shape index (κ3) is 74.1. The molecule has 0 saturated heterocycles. The van der Waals surface area contributed by atoms with Crippen molar-refractivity contribution in [2.24, 2.45) is 11.8 Å². The van der Waals surface area contributed by atoms with Gasteiger partial charge in [-0.15, -0.1) is 0 Å². The van der Waals surface area contributed by atoms with Crippen LogP contribution in [-0.4, -0.2) is 96.7 Å². The Balaban J connectivity index is 5.21. The smallest absolute Gasteiger partial charge is 0.462 e. The fourth-order valence-corrected chi connectivity index (χ4v) is 13.9. The van der Waals surface area contributed by atoms with Crippen LogP contribution in [0, 0.1) is 11.8 Å². The summed E-state index contributed by atoms with van der Waals surface area (Å²) in [6.07, 6.45) is 61.2. The summed E-state index contributed by atoms with van der Waals surface area (Å²) >= 11 is 0. The fourth-order valence-electron chi connectivity index (χ4n) is 12.4. The Labute approximate surface area is 607 Å². The molecule has 2 unspecified atom stereocenters. The van der Waals surface area contributed by atoms with E-state index in [9.17, 15) is 43.2 Å². The van der Waals surface area contributed by atoms with Gasteiger partial charge in [-0.3, -0.25) is 37.3 Å². The molecular weight excluding hydrogens is 1290 g/mol. The number of esters is 4. The molecule has 3 N–H and O–H groups in total. The zero-order chi connectivity index (χ0) is 72.8. The van der Waals surface area contributed by atoms with Crippen LogP contribution >= 0.6 is 15.6 Å². The van der Waals surface area contributed by atoms with E-state index >= 15 is 0 Å². The van der Waals surface area contributed by atoms with Crippen molar-refractivity contribution in [2.75, 3.05) is 39.6 Å². The van der Waals surface area contributed by atoms with E-state index in [4.69, 9.17) is 37.0 Å². The number of hydrogen-bond acceptors (Lipinski definition) is 15. The Morgan fingerprint density at radius 1 is 0.273 bits per heavy atom. The van der Waals surface area contributed by atoms with Crippen LogP contribution in [0.25, 0.3) is 0 Å².